The van der Waals surface area contributed by atoms with Crippen LogP contribution < -0.4 is 10.5 Å². The number of carbonyl (C=O) groups is 1. The number of nitrogen functional groups attached to an aromatic ring is 1. The summed E-state index contributed by atoms with van der Waals surface area (Å²) >= 11 is 0. The van der Waals surface area contributed by atoms with Crippen LogP contribution in [0.2, 0.25) is 0 Å². The standard InChI is InChI=1S/C17H24N2O3/c1-11(2)16(22-12(3)20)17(4,5)10-21-15-8-6-7-14(19)13(15)9-18/h6-8,11,16H,10,19H2,1-5H3. The quantitative estimate of drug-likeness (QED) is 0.644. The van der Waals surface area contributed by atoms with Gasteiger partial charge in [-0.2, -0.15) is 5.26 Å². The second kappa shape index (κ2) is 7.17. The fourth-order valence-electron chi connectivity index (χ4n) is 2.51. The van der Waals surface area contributed by atoms with E-state index in [2.05, 4.69) is 0 Å². The third-order valence-corrected chi connectivity index (χ3v) is 3.44. The van der Waals surface area contributed by atoms with Crippen LogP contribution in [0.3, 0.4) is 0 Å². The van der Waals surface area contributed by atoms with Gasteiger partial charge in [0, 0.05) is 12.3 Å². The van der Waals surface area contributed by atoms with Gasteiger partial charge in [0.1, 0.15) is 23.5 Å². The molecule has 22 heavy (non-hydrogen) atoms. The molecule has 0 radical (unpaired) electrons. The molecule has 5 nitrogen and oxygen atoms in total. The van der Waals surface area contributed by atoms with Gasteiger partial charge in [-0.15, -0.1) is 0 Å². The van der Waals surface area contributed by atoms with Gasteiger partial charge in [-0.05, 0) is 18.1 Å². The van der Waals surface area contributed by atoms with Crippen LogP contribution in [0.5, 0.6) is 5.75 Å². The van der Waals surface area contributed by atoms with Gasteiger partial charge in [-0.25, -0.2) is 0 Å². The lowest BCUT2D eigenvalue weighted by molar-refractivity contribution is -0.157. The van der Waals surface area contributed by atoms with Crippen LogP contribution in [0.25, 0.3) is 0 Å². The molecule has 2 N–H and O–H groups in total. The first-order valence-electron chi connectivity index (χ1n) is 7.27. The maximum Gasteiger partial charge on any atom is 0.302 e. The average Bonchev–Trinajstić information content (AvgIpc) is 2.42. The number of esters is 1. The molecule has 0 spiro atoms. The number of hydrogen-bond donors (Lipinski definition) is 1. The highest BCUT2D eigenvalue weighted by molar-refractivity contribution is 5.66. The van der Waals surface area contributed by atoms with Crippen molar-refractivity contribution >= 4 is 11.7 Å². The lowest BCUT2D eigenvalue weighted by Crippen LogP contribution is -2.41. The van der Waals surface area contributed by atoms with Crippen LogP contribution in [-0.2, 0) is 9.53 Å². The Hall–Kier alpha value is -2.22. The summed E-state index contributed by atoms with van der Waals surface area (Å²) in [6.07, 6.45) is -0.281. The number of ether oxygens (including phenoxy) is 2. The van der Waals surface area contributed by atoms with E-state index < -0.39 is 5.41 Å². The summed E-state index contributed by atoms with van der Waals surface area (Å²) in [6.45, 7) is 9.64. The minimum atomic E-state index is -0.406. The molecule has 1 unspecified atom stereocenters. The van der Waals surface area contributed by atoms with Gasteiger partial charge >= 0.3 is 5.97 Å². The predicted molar refractivity (Wildman–Crippen MR) is 85.2 cm³/mol. The third-order valence-electron chi connectivity index (χ3n) is 3.44. The van der Waals surface area contributed by atoms with Crippen LogP contribution >= 0.6 is 0 Å². The largest absolute Gasteiger partial charge is 0.491 e. The molecular weight excluding hydrogens is 280 g/mol. The van der Waals surface area contributed by atoms with E-state index >= 15 is 0 Å². The maximum atomic E-state index is 11.3. The average molecular weight is 304 g/mol. The van der Waals surface area contributed by atoms with Crippen LogP contribution in [0.4, 0.5) is 5.69 Å². The molecular formula is C17H24N2O3. The molecule has 1 rings (SSSR count). The lowest BCUT2D eigenvalue weighted by Gasteiger charge is -2.36. The number of carbonyl (C=O) groups excluding carboxylic acids is 1. The summed E-state index contributed by atoms with van der Waals surface area (Å²) in [4.78, 5) is 11.3. The third kappa shape index (κ3) is 4.39. The first kappa shape index (κ1) is 17.8. The second-order valence-corrected chi connectivity index (χ2v) is 6.38. The number of nitrogens with zero attached hydrogens (tertiary/aromatic N) is 1. The van der Waals surface area contributed by atoms with Gasteiger partial charge < -0.3 is 15.2 Å². The number of anilines is 1. The Morgan fingerprint density at radius 1 is 1.41 bits per heavy atom. The van der Waals surface area contributed by atoms with E-state index in [9.17, 15) is 4.79 Å². The van der Waals surface area contributed by atoms with Crippen molar-refractivity contribution in [2.75, 3.05) is 12.3 Å². The summed E-state index contributed by atoms with van der Waals surface area (Å²) in [5.74, 6) is 0.285. The van der Waals surface area contributed by atoms with Crippen molar-refractivity contribution in [2.24, 2.45) is 11.3 Å². The van der Waals surface area contributed by atoms with E-state index in [0.717, 1.165) is 0 Å². The monoisotopic (exact) mass is 304 g/mol. The van der Waals surface area contributed by atoms with Crippen molar-refractivity contribution in [1.82, 2.24) is 0 Å². The minimum absolute atomic E-state index is 0.152. The molecule has 0 saturated carbocycles. The Kier molecular flexibility index (Phi) is 5.81. The number of hydrogen-bond acceptors (Lipinski definition) is 5. The second-order valence-electron chi connectivity index (χ2n) is 6.38. The summed E-state index contributed by atoms with van der Waals surface area (Å²) in [5.41, 5.74) is 6.08. The molecule has 0 aromatic heterocycles. The number of benzene rings is 1. The predicted octanol–water partition coefficient (Wildman–Crippen LogP) is 3.13. The fourth-order valence-corrected chi connectivity index (χ4v) is 2.51. The molecule has 1 aromatic rings. The first-order chi connectivity index (χ1) is 10.2. The van der Waals surface area contributed by atoms with Crippen molar-refractivity contribution in [1.29, 1.82) is 5.26 Å². The van der Waals surface area contributed by atoms with Gasteiger partial charge in [0.25, 0.3) is 0 Å². The molecule has 0 fully saturated rings. The Morgan fingerprint density at radius 3 is 2.55 bits per heavy atom. The van der Waals surface area contributed by atoms with Crippen molar-refractivity contribution in [3.63, 3.8) is 0 Å². The summed E-state index contributed by atoms with van der Waals surface area (Å²) in [5, 5.41) is 9.17. The minimum Gasteiger partial charge on any atom is -0.491 e. The Balaban J connectivity index is 2.91. The van der Waals surface area contributed by atoms with Gasteiger partial charge in [-0.3, -0.25) is 4.79 Å². The molecule has 5 heteroatoms. The van der Waals surface area contributed by atoms with Gasteiger partial charge in [0.05, 0.1) is 12.3 Å². The van der Waals surface area contributed by atoms with E-state index in [1.165, 1.54) is 6.92 Å². The Labute approximate surface area is 132 Å². The molecule has 120 valence electrons. The highest BCUT2D eigenvalue weighted by atomic mass is 16.5. The van der Waals surface area contributed by atoms with Crippen LogP contribution in [0.15, 0.2) is 18.2 Å². The van der Waals surface area contributed by atoms with Gasteiger partial charge in [0.2, 0.25) is 0 Å². The van der Waals surface area contributed by atoms with Gasteiger partial charge in [0.15, 0.2) is 0 Å². The number of rotatable bonds is 6. The van der Waals surface area contributed by atoms with Crippen molar-refractivity contribution in [2.45, 2.75) is 40.7 Å². The summed E-state index contributed by atoms with van der Waals surface area (Å²) < 4.78 is 11.2. The smallest absolute Gasteiger partial charge is 0.302 e. The molecule has 0 aliphatic carbocycles. The highest BCUT2D eigenvalue weighted by Gasteiger charge is 2.35. The molecule has 0 amide bonds. The van der Waals surface area contributed by atoms with E-state index in [4.69, 9.17) is 20.5 Å². The zero-order chi connectivity index (χ0) is 16.9. The van der Waals surface area contributed by atoms with Crippen LogP contribution in [-0.4, -0.2) is 18.7 Å². The Morgan fingerprint density at radius 2 is 2.05 bits per heavy atom. The first-order valence-corrected chi connectivity index (χ1v) is 7.27. The number of nitriles is 1. The zero-order valence-electron chi connectivity index (χ0n) is 13.8. The molecule has 1 aromatic carbocycles. The normalized spacial score (nSPS) is 12.6. The lowest BCUT2D eigenvalue weighted by atomic mass is 9.81. The Bertz CT molecular complexity index is 574. The van der Waals surface area contributed by atoms with Crippen molar-refractivity contribution in [3.05, 3.63) is 23.8 Å². The summed E-state index contributed by atoms with van der Waals surface area (Å²) in [7, 11) is 0. The SMILES string of the molecule is CC(=O)OC(C(C)C)C(C)(C)COc1cccc(N)c1C#N. The summed E-state index contributed by atoms with van der Waals surface area (Å²) in [6, 6.07) is 7.16. The molecule has 0 saturated heterocycles. The van der Waals surface area contributed by atoms with E-state index in [-0.39, 0.29) is 18.0 Å². The molecule has 0 heterocycles. The number of nitrogens with two attached hydrogens (primary N) is 1. The fraction of sp³-hybridized carbons (Fsp3) is 0.529. The van der Waals surface area contributed by atoms with E-state index in [0.29, 0.717) is 23.6 Å². The van der Waals surface area contributed by atoms with Crippen molar-refractivity contribution in [3.8, 4) is 11.8 Å². The van der Waals surface area contributed by atoms with Gasteiger partial charge in [-0.1, -0.05) is 33.8 Å². The van der Waals surface area contributed by atoms with E-state index in [1.807, 2.05) is 33.8 Å². The highest BCUT2D eigenvalue weighted by Crippen LogP contribution is 2.31. The molecule has 0 aliphatic heterocycles. The molecule has 1 atom stereocenters. The molecule has 0 bridgehead atoms. The topological polar surface area (TPSA) is 85.3 Å². The van der Waals surface area contributed by atoms with Crippen LogP contribution in [0.1, 0.15) is 40.2 Å². The zero-order valence-corrected chi connectivity index (χ0v) is 13.8. The van der Waals surface area contributed by atoms with E-state index in [1.54, 1.807) is 18.2 Å². The molecule has 0 aliphatic rings. The van der Waals surface area contributed by atoms with Crippen molar-refractivity contribution < 1.29 is 14.3 Å². The van der Waals surface area contributed by atoms with Crippen LogP contribution in [0, 0.1) is 22.7 Å². The maximum absolute atomic E-state index is 11.3.